The number of ether oxygens (including phenoxy) is 2. The SMILES string of the molecule is COc1ccc(CC(=O)NCC(Br)CC(C)C)cc1OC. The average Bonchev–Trinajstić information content (AvgIpc) is 2.44. The third-order valence-electron chi connectivity index (χ3n) is 3.06. The summed E-state index contributed by atoms with van der Waals surface area (Å²) >= 11 is 3.58. The lowest BCUT2D eigenvalue weighted by Gasteiger charge is -2.14. The van der Waals surface area contributed by atoms with Crippen molar-refractivity contribution in [2.75, 3.05) is 20.8 Å². The van der Waals surface area contributed by atoms with Gasteiger partial charge in [-0.2, -0.15) is 0 Å². The van der Waals surface area contributed by atoms with Crippen LogP contribution in [-0.2, 0) is 11.2 Å². The monoisotopic (exact) mass is 357 g/mol. The summed E-state index contributed by atoms with van der Waals surface area (Å²) in [6.07, 6.45) is 1.37. The molecule has 0 saturated heterocycles. The summed E-state index contributed by atoms with van der Waals surface area (Å²) < 4.78 is 10.4. The number of hydrogen-bond donors (Lipinski definition) is 1. The summed E-state index contributed by atoms with van der Waals surface area (Å²) in [7, 11) is 3.18. The molecule has 0 spiro atoms. The number of amides is 1. The molecule has 0 saturated carbocycles. The second kappa shape index (κ2) is 8.93. The number of carbonyl (C=O) groups is 1. The van der Waals surface area contributed by atoms with Crippen LogP contribution in [-0.4, -0.2) is 31.5 Å². The lowest BCUT2D eigenvalue weighted by Crippen LogP contribution is -2.31. The standard InChI is InChI=1S/C16H24BrNO3/c1-11(2)7-13(17)10-18-16(19)9-12-5-6-14(20-3)15(8-12)21-4/h5-6,8,11,13H,7,9-10H2,1-4H3,(H,18,19). The van der Waals surface area contributed by atoms with E-state index in [0.717, 1.165) is 12.0 Å². The summed E-state index contributed by atoms with van der Waals surface area (Å²) in [5.41, 5.74) is 0.903. The molecule has 1 unspecified atom stereocenters. The quantitative estimate of drug-likeness (QED) is 0.726. The second-order valence-corrected chi connectivity index (χ2v) is 6.69. The van der Waals surface area contributed by atoms with Crippen molar-refractivity contribution in [3.05, 3.63) is 23.8 Å². The number of alkyl halides is 1. The molecule has 5 heteroatoms. The Bertz CT molecular complexity index is 463. The molecule has 4 nitrogen and oxygen atoms in total. The Morgan fingerprint density at radius 2 is 1.90 bits per heavy atom. The largest absolute Gasteiger partial charge is 0.493 e. The zero-order chi connectivity index (χ0) is 15.8. The van der Waals surface area contributed by atoms with E-state index < -0.39 is 0 Å². The highest BCUT2D eigenvalue weighted by molar-refractivity contribution is 9.09. The van der Waals surface area contributed by atoms with E-state index in [-0.39, 0.29) is 5.91 Å². The van der Waals surface area contributed by atoms with Gasteiger partial charge in [0.05, 0.1) is 20.6 Å². The number of halogens is 1. The smallest absolute Gasteiger partial charge is 0.224 e. The van der Waals surface area contributed by atoms with Crippen molar-refractivity contribution in [1.29, 1.82) is 0 Å². The molecule has 0 bridgehead atoms. The molecule has 0 aromatic heterocycles. The van der Waals surface area contributed by atoms with E-state index in [1.807, 2.05) is 18.2 Å². The molecule has 0 radical (unpaired) electrons. The fourth-order valence-electron chi connectivity index (χ4n) is 2.06. The molecule has 118 valence electrons. The van der Waals surface area contributed by atoms with Crippen molar-refractivity contribution in [1.82, 2.24) is 5.32 Å². The Hall–Kier alpha value is -1.23. The molecule has 0 aliphatic carbocycles. The van der Waals surface area contributed by atoms with Gasteiger partial charge >= 0.3 is 0 Å². The Morgan fingerprint density at radius 3 is 2.48 bits per heavy atom. The lowest BCUT2D eigenvalue weighted by atomic mass is 10.1. The number of rotatable bonds is 8. The molecule has 21 heavy (non-hydrogen) atoms. The van der Waals surface area contributed by atoms with Crippen molar-refractivity contribution in [3.63, 3.8) is 0 Å². The maximum atomic E-state index is 12.0. The predicted octanol–water partition coefficient (Wildman–Crippen LogP) is 3.17. The molecule has 0 heterocycles. The van der Waals surface area contributed by atoms with Crippen LogP contribution in [0.3, 0.4) is 0 Å². The van der Waals surface area contributed by atoms with E-state index in [1.165, 1.54) is 0 Å². The molecule has 0 fully saturated rings. The van der Waals surface area contributed by atoms with Gasteiger partial charge in [-0.1, -0.05) is 35.8 Å². The van der Waals surface area contributed by atoms with Crippen LogP contribution in [0.4, 0.5) is 0 Å². The van der Waals surface area contributed by atoms with Crippen LogP contribution in [0, 0.1) is 5.92 Å². The van der Waals surface area contributed by atoms with Gasteiger partial charge in [0.25, 0.3) is 0 Å². The van der Waals surface area contributed by atoms with E-state index >= 15 is 0 Å². The van der Waals surface area contributed by atoms with Gasteiger partial charge in [0, 0.05) is 11.4 Å². The second-order valence-electron chi connectivity index (χ2n) is 5.40. The highest BCUT2D eigenvalue weighted by atomic mass is 79.9. The maximum Gasteiger partial charge on any atom is 0.224 e. The van der Waals surface area contributed by atoms with Gasteiger partial charge in [-0.05, 0) is 30.0 Å². The topological polar surface area (TPSA) is 47.6 Å². The Kier molecular flexibility index (Phi) is 7.57. The first-order valence-corrected chi connectivity index (χ1v) is 7.99. The van der Waals surface area contributed by atoms with Gasteiger partial charge in [0.15, 0.2) is 11.5 Å². The highest BCUT2D eigenvalue weighted by Crippen LogP contribution is 2.27. The zero-order valence-corrected chi connectivity index (χ0v) is 14.7. The first kappa shape index (κ1) is 17.8. The van der Waals surface area contributed by atoms with Gasteiger partial charge in [-0.25, -0.2) is 0 Å². The van der Waals surface area contributed by atoms with Crippen LogP contribution in [0.25, 0.3) is 0 Å². The lowest BCUT2D eigenvalue weighted by molar-refractivity contribution is -0.120. The molecule has 1 amide bonds. The minimum atomic E-state index is 0.00965. The van der Waals surface area contributed by atoms with Gasteiger partial charge in [0.1, 0.15) is 0 Å². The van der Waals surface area contributed by atoms with Crippen LogP contribution >= 0.6 is 15.9 Å². The van der Waals surface area contributed by atoms with Gasteiger partial charge in [-0.15, -0.1) is 0 Å². The molecular weight excluding hydrogens is 334 g/mol. The predicted molar refractivity (Wildman–Crippen MR) is 88.4 cm³/mol. The summed E-state index contributed by atoms with van der Waals surface area (Å²) in [5.74, 6) is 1.92. The van der Waals surface area contributed by atoms with Gasteiger partial charge in [-0.3, -0.25) is 4.79 Å². The van der Waals surface area contributed by atoms with Gasteiger partial charge in [0.2, 0.25) is 5.91 Å². The van der Waals surface area contributed by atoms with E-state index in [9.17, 15) is 4.79 Å². The van der Waals surface area contributed by atoms with Crippen LogP contribution < -0.4 is 14.8 Å². The van der Waals surface area contributed by atoms with Gasteiger partial charge < -0.3 is 14.8 Å². The molecular formula is C16H24BrNO3. The Balaban J connectivity index is 2.51. The Morgan fingerprint density at radius 1 is 1.24 bits per heavy atom. The normalized spacial score (nSPS) is 12.1. The number of benzene rings is 1. The van der Waals surface area contributed by atoms with E-state index in [1.54, 1.807) is 14.2 Å². The molecule has 1 atom stereocenters. The fourth-order valence-corrected chi connectivity index (χ4v) is 2.97. The third kappa shape index (κ3) is 6.38. The van der Waals surface area contributed by atoms with Crippen LogP contribution in [0.15, 0.2) is 18.2 Å². The molecule has 0 aliphatic rings. The Labute approximate surface area is 135 Å². The van der Waals surface area contributed by atoms with Crippen LogP contribution in [0.5, 0.6) is 11.5 Å². The molecule has 1 rings (SSSR count). The minimum absolute atomic E-state index is 0.00965. The van der Waals surface area contributed by atoms with E-state index in [4.69, 9.17) is 9.47 Å². The summed E-state index contributed by atoms with van der Waals surface area (Å²) in [6.45, 7) is 4.98. The minimum Gasteiger partial charge on any atom is -0.493 e. The third-order valence-corrected chi connectivity index (χ3v) is 3.76. The highest BCUT2D eigenvalue weighted by Gasteiger charge is 2.11. The first-order valence-electron chi connectivity index (χ1n) is 7.08. The van der Waals surface area contributed by atoms with E-state index in [0.29, 0.717) is 35.2 Å². The van der Waals surface area contributed by atoms with E-state index in [2.05, 4.69) is 35.1 Å². The van der Waals surface area contributed by atoms with Crippen molar-refractivity contribution in [2.24, 2.45) is 5.92 Å². The molecule has 1 aromatic carbocycles. The number of hydrogen-bond acceptors (Lipinski definition) is 3. The van der Waals surface area contributed by atoms with Crippen LogP contribution in [0.2, 0.25) is 0 Å². The van der Waals surface area contributed by atoms with Crippen molar-refractivity contribution >= 4 is 21.8 Å². The summed E-state index contributed by atoms with van der Waals surface area (Å²) in [4.78, 5) is 12.3. The number of methoxy groups -OCH3 is 2. The van der Waals surface area contributed by atoms with Crippen molar-refractivity contribution in [2.45, 2.75) is 31.5 Å². The molecule has 1 N–H and O–H groups in total. The summed E-state index contributed by atoms with van der Waals surface area (Å²) in [5, 5.41) is 2.94. The number of carbonyl (C=O) groups excluding carboxylic acids is 1. The van der Waals surface area contributed by atoms with Crippen LogP contribution in [0.1, 0.15) is 25.8 Å². The maximum absolute atomic E-state index is 12.0. The first-order chi connectivity index (χ1) is 9.96. The average molecular weight is 358 g/mol. The van der Waals surface area contributed by atoms with Crippen molar-refractivity contribution < 1.29 is 14.3 Å². The van der Waals surface area contributed by atoms with Crippen molar-refractivity contribution in [3.8, 4) is 11.5 Å². The molecule has 0 aliphatic heterocycles. The molecule has 1 aromatic rings. The summed E-state index contributed by atoms with van der Waals surface area (Å²) in [6, 6.07) is 5.52. The zero-order valence-electron chi connectivity index (χ0n) is 13.1. The number of nitrogens with one attached hydrogen (secondary N) is 1. The fraction of sp³-hybridized carbons (Fsp3) is 0.562.